The van der Waals surface area contributed by atoms with E-state index in [1.54, 1.807) is 0 Å². The zero-order chi connectivity index (χ0) is 14.4. The zero-order valence-electron chi connectivity index (χ0n) is 11.1. The van der Waals surface area contributed by atoms with Crippen LogP contribution in [0.15, 0.2) is 12.7 Å². The van der Waals surface area contributed by atoms with Crippen LogP contribution in [-0.4, -0.2) is 48.0 Å². The summed E-state index contributed by atoms with van der Waals surface area (Å²) in [5.41, 5.74) is 0. The summed E-state index contributed by atoms with van der Waals surface area (Å²) in [5.74, 6) is 1.04. The van der Waals surface area contributed by atoms with Gasteiger partial charge in [-0.1, -0.05) is 13.3 Å². The van der Waals surface area contributed by atoms with Gasteiger partial charge >= 0.3 is 0 Å². The first kappa shape index (κ1) is 14.6. The predicted octanol–water partition coefficient (Wildman–Crippen LogP) is 0.926. The van der Waals surface area contributed by atoms with Gasteiger partial charge in [-0.3, -0.25) is 0 Å². The molecule has 0 fully saturated rings. The Labute approximate surface area is 121 Å². The SMILES string of the molecule is CCC(CCO)CNc1nc(Cl)nc(-n2cncn2)n1. The lowest BCUT2D eigenvalue weighted by molar-refractivity contribution is 0.258. The Morgan fingerprint density at radius 3 is 2.90 bits per heavy atom. The second-order valence-corrected chi connectivity index (χ2v) is 4.57. The molecular weight excluding hydrogens is 282 g/mol. The third kappa shape index (κ3) is 3.84. The Morgan fingerprint density at radius 2 is 2.25 bits per heavy atom. The van der Waals surface area contributed by atoms with Crippen LogP contribution in [0.3, 0.4) is 0 Å². The average molecular weight is 298 g/mol. The number of aliphatic hydroxyl groups excluding tert-OH is 1. The number of anilines is 1. The number of nitrogens with one attached hydrogen (secondary N) is 1. The van der Waals surface area contributed by atoms with Crippen LogP contribution in [0.5, 0.6) is 0 Å². The van der Waals surface area contributed by atoms with E-state index in [1.807, 2.05) is 0 Å². The number of halogens is 1. The molecule has 8 nitrogen and oxygen atoms in total. The Kier molecular flexibility index (Phi) is 5.19. The Balaban J connectivity index is 2.08. The van der Waals surface area contributed by atoms with Gasteiger partial charge in [-0.25, -0.2) is 4.98 Å². The van der Waals surface area contributed by atoms with Crippen LogP contribution in [-0.2, 0) is 0 Å². The van der Waals surface area contributed by atoms with Crippen molar-refractivity contribution in [3.8, 4) is 5.95 Å². The molecule has 0 saturated heterocycles. The number of aliphatic hydroxyl groups is 1. The van der Waals surface area contributed by atoms with Gasteiger partial charge in [-0.2, -0.15) is 24.7 Å². The van der Waals surface area contributed by atoms with Crippen molar-refractivity contribution in [1.82, 2.24) is 29.7 Å². The maximum Gasteiger partial charge on any atom is 0.258 e. The molecular formula is C11H16ClN7O. The van der Waals surface area contributed by atoms with E-state index in [0.717, 1.165) is 12.8 Å². The number of rotatable bonds is 7. The lowest BCUT2D eigenvalue weighted by Crippen LogP contribution is -2.17. The maximum absolute atomic E-state index is 8.97. The summed E-state index contributed by atoms with van der Waals surface area (Å²) in [4.78, 5) is 16.1. The van der Waals surface area contributed by atoms with Gasteiger partial charge in [-0.15, -0.1) is 0 Å². The predicted molar refractivity (Wildman–Crippen MR) is 73.7 cm³/mol. The standard InChI is InChI=1S/C11H16ClN7O/c1-2-8(3-4-20)5-14-10-16-9(12)17-11(18-10)19-7-13-6-15-19/h6-8,20H,2-5H2,1H3,(H,14,16,17,18). The van der Waals surface area contributed by atoms with Crippen molar-refractivity contribution < 1.29 is 5.11 Å². The topological polar surface area (TPSA) is 102 Å². The lowest BCUT2D eigenvalue weighted by atomic mass is 10.0. The molecule has 20 heavy (non-hydrogen) atoms. The van der Waals surface area contributed by atoms with Crippen molar-refractivity contribution in [3.63, 3.8) is 0 Å². The van der Waals surface area contributed by atoms with Crippen molar-refractivity contribution >= 4 is 17.5 Å². The molecule has 2 N–H and O–H groups in total. The second kappa shape index (κ2) is 7.11. The molecule has 1 unspecified atom stereocenters. The van der Waals surface area contributed by atoms with E-state index in [1.165, 1.54) is 17.3 Å². The minimum absolute atomic E-state index is 0.0863. The number of aromatic nitrogens is 6. The van der Waals surface area contributed by atoms with Crippen LogP contribution >= 0.6 is 11.6 Å². The second-order valence-electron chi connectivity index (χ2n) is 4.24. The van der Waals surface area contributed by atoms with Gasteiger partial charge in [0, 0.05) is 13.2 Å². The molecule has 0 radical (unpaired) electrons. The normalized spacial score (nSPS) is 12.3. The van der Waals surface area contributed by atoms with E-state index in [4.69, 9.17) is 16.7 Å². The minimum Gasteiger partial charge on any atom is -0.396 e. The molecule has 9 heteroatoms. The quantitative estimate of drug-likeness (QED) is 0.783. The fourth-order valence-corrected chi connectivity index (χ4v) is 1.86. The molecule has 0 spiro atoms. The third-order valence-electron chi connectivity index (χ3n) is 2.88. The monoisotopic (exact) mass is 297 g/mol. The Hall–Kier alpha value is -1.80. The number of hydrogen-bond donors (Lipinski definition) is 2. The molecule has 2 rings (SSSR count). The highest BCUT2D eigenvalue weighted by atomic mass is 35.5. The van der Waals surface area contributed by atoms with Gasteiger partial charge in [0.15, 0.2) is 0 Å². The fraction of sp³-hybridized carbons (Fsp3) is 0.545. The zero-order valence-corrected chi connectivity index (χ0v) is 11.8. The molecule has 0 saturated carbocycles. The van der Waals surface area contributed by atoms with Crippen LogP contribution in [0, 0.1) is 5.92 Å². The minimum atomic E-state index is 0.0863. The largest absolute Gasteiger partial charge is 0.396 e. The summed E-state index contributed by atoms with van der Waals surface area (Å²) in [6.45, 7) is 2.90. The summed E-state index contributed by atoms with van der Waals surface area (Å²) in [6.07, 6.45) is 4.57. The van der Waals surface area contributed by atoms with Gasteiger partial charge in [0.1, 0.15) is 12.7 Å². The van der Waals surface area contributed by atoms with E-state index in [9.17, 15) is 0 Å². The van der Waals surface area contributed by atoms with Crippen LogP contribution in [0.2, 0.25) is 5.28 Å². The van der Waals surface area contributed by atoms with E-state index >= 15 is 0 Å². The van der Waals surface area contributed by atoms with Gasteiger partial charge in [0.25, 0.3) is 5.95 Å². The molecule has 0 aliphatic heterocycles. The van der Waals surface area contributed by atoms with Gasteiger partial charge < -0.3 is 10.4 Å². The number of hydrogen-bond acceptors (Lipinski definition) is 7. The molecule has 2 aromatic heterocycles. The van der Waals surface area contributed by atoms with Crippen LogP contribution < -0.4 is 5.32 Å². The summed E-state index contributed by atoms with van der Waals surface area (Å²) >= 11 is 5.87. The molecule has 108 valence electrons. The number of nitrogens with zero attached hydrogens (tertiary/aromatic N) is 6. The van der Waals surface area contributed by atoms with E-state index in [2.05, 4.69) is 37.3 Å². The molecule has 0 bridgehead atoms. The summed E-state index contributed by atoms with van der Waals surface area (Å²) in [7, 11) is 0. The molecule has 0 aliphatic rings. The molecule has 2 aromatic rings. The highest BCUT2D eigenvalue weighted by Gasteiger charge is 2.10. The molecule has 2 heterocycles. The molecule has 0 aromatic carbocycles. The van der Waals surface area contributed by atoms with Crippen LogP contribution in [0.1, 0.15) is 19.8 Å². The van der Waals surface area contributed by atoms with Crippen molar-refractivity contribution in [2.24, 2.45) is 5.92 Å². The molecule has 1 atom stereocenters. The van der Waals surface area contributed by atoms with Crippen LogP contribution in [0.4, 0.5) is 5.95 Å². The Bertz CT molecular complexity index is 534. The van der Waals surface area contributed by atoms with Crippen LogP contribution in [0.25, 0.3) is 5.95 Å². The summed E-state index contributed by atoms with van der Waals surface area (Å²) < 4.78 is 1.41. The first-order valence-electron chi connectivity index (χ1n) is 6.34. The van der Waals surface area contributed by atoms with E-state index < -0.39 is 0 Å². The van der Waals surface area contributed by atoms with E-state index in [-0.39, 0.29) is 11.9 Å². The van der Waals surface area contributed by atoms with Crippen molar-refractivity contribution in [3.05, 3.63) is 17.9 Å². The van der Waals surface area contributed by atoms with Gasteiger partial charge in [-0.05, 0) is 23.9 Å². The first-order chi connectivity index (χ1) is 9.72. The van der Waals surface area contributed by atoms with Gasteiger partial charge in [0.2, 0.25) is 11.2 Å². The average Bonchev–Trinajstić information content (AvgIpc) is 2.97. The maximum atomic E-state index is 8.97. The first-order valence-corrected chi connectivity index (χ1v) is 6.72. The fourth-order valence-electron chi connectivity index (χ4n) is 1.70. The highest BCUT2D eigenvalue weighted by molar-refractivity contribution is 6.28. The third-order valence-corrected chi connectivity index (χ3v) is 3.05. The summed E-state index contributed by atoms with van der Waals surface area (Å²) in [5, 5.41) is 16.1. The van der Waals surface area contributed by atoms with Crippen molar-refractivity contribution in [2.45, 2.75) is 19.8 Å². The lowest BCUT2D eigenvalue weighted by Gasteiger charge is -2.14. The van der Waals surface area contributed by atoms with Crippen molar-refractivity contribution in [1.29, 1.82) is 0 Å². The highest BCUT2D eigenvalue weighted by Crippen LogP contribution is 2.11. The van der Waals surface area contributed by atoms with E-state index in [0.29, 0.717) is 24.4 Å². The molecule has 0 amide bonds. The summed E-state index contributed by atoms with van der Waals surface area (Å²) in [6, 6.07) is 0. The Morgan fingerprint density at radius 1 is 1.40 bits per heavy atom. The van der Waals surface area contributed by atoms with Gasteiger partial charge in [0.05, 0.1) is 0 Å². The molecule has 0 aliphatic carbocycles. The smallest absolute Gasteiger partial charge is 0.258 e. The van der Waals surface area contributed by atoms with Crippen molar-refractivity contribution in [2.75, 3.05) is 18.5 Å².